The molecule has 0 fully saturated rings. The molecule has 0 saturated carbocycles. The Hall–Kier alpha value is -1.23. The smallest absolute Gasteiger partial charge is 0.312 e. The van der Waals surface area contributed by atoms with Crippen molar-refractivity contribution < 1.29 is 19.4 Å². The van der Waals surface area contributed by atoms with Crippen LogP contribution in [0.15, 0.2) is 22.7 Å². The fourth-order valence-corrected chi connectivity index (χ4v) is 1.57. The van der Waals surface area contributed by atoms with Crippen LogP contribution in [-0.4, -0.2) is 24.8 Å². The first-order valence-corrected chi connectivity index (χ1v) is 5.86. The van der Waals surface area contributed by atoms with Crippen molar-refractivity contribution in [3.63, 3.8) is 0 Å². The molecule has 17 heavy (non-hydrogen) atoms. The zero-order chi connectivity index (χ0) is 13.1. The molecule has 0 aliphatic heterocycles. The molecular weight excluding hydrogens is 288 g/mol. The van der Waals surface area contributed by atoms with E-state index in [1.54, 1.807) is 19.9 Å². The second-order valence-electron chi connectivity index (χ2n) is 4.25. The Labute approximate surface area is 109 Å². The van der Waals surface area contributed by atoms with E-state index in [4.69, 9.17) is 14.6 Å². The van der Waals surface area contributed by atoms with Gasteiger partial charge in [-0.15, -0.1) is 0 Å². The van der Waals surface area contributed by atoms with Crippen LogP contribution >= 0.6 is 15.9 Å². The summed E-state index contributed by atoms with van der Waals surface area (Å²) in [5, 5.41) is 8.99. The molecule has 1 aromatic carbocycles. The summed E-state index contributed by atoms with van der Waals surface area (Å²) in [4.78, 5) is 11.0. The van der Waals surface area contributed by atoms with Crippen molar-refractivity contribution in [3.8, 4) is 11.5 Å². The van der Waals surface area contributed by atoms with E-state index >= 15 is 0 Å². The molecule has 0 atom stereocenters. The van der Waals surface area contributed by atoms with Gasteiger partial charge >= 0.3 is 5.97 Å². The Bertz CT molecular complexity index is 415. The fraction of sp³-hybridized carbons (Fsp3) is 0.417. The maximum absolute atomic E-state index is 11.0. The van der Waals surface area contributed by atoms with Crippen LogP contribution in [0.4, 0.5) is 0 Å². The summed E-state index contributed by atoms with van der Waals surface area (Å²) in [5.74, 6) is 0.188. The van der Waals surface area contributed by atoms with Crippen molar-refractivity contribution in [2.45, 2.75) is 13.8 Å². The quantitative estimate of drug-likeness (QED) is 0.908. The van der Waals surface area contributed by atoms with Gasteiger partial charge in [-0.3, -0.25) is 4.79 Å². The molecule has 0 radical (unpaired) electrons. The Kier molecular flexibility index (Phi) is 4.40. The molecule has 0 aliphatic carbocycles. The van der Waals surface area contributed by atoms with Crippen molar-refractivity contribution in [1.82, 2.24) is 0 Å². The summed E-state index contributed by atoms with van der Waals surface area (Å²) in [6.07, 6.45) is 0. The standard InChI is InChI=1S/C12H15BrO4/c1-12(2,11(14)15)7-17-10-8(13)5-4-6-9(10)16-3/h4-6H,7H2,1-3H3,(H,14,15). The Balaban J connectivity index is 2.86. The number of methoxy groups -OCH3 is 1. The van der Waals surface area contributed by atoms with Gasteiger partial charge in [-0.25, -0.2) is 0 Å². The van der Waals surface area contributed by atoms with Crippen LogP contribution < -0.4 is 9.47 Å². The molecule has 4 nitrogen and oxygen atoms in total. The number of para-hydroxylation sites is 1. The van der Waals surface area contributed by atoms with Gasteiger partial charge in [-0.1, -0.05) is 6.07 Å². The van der Waals surface area contributed by atoms with E-state index in [1.807, 2.05) is 12.1 Å². The van der Waals surface area contributed by atoms with Gasteiger partial charge in [-0.05, 0) is 41.9 Å². The van der Waals surface area contributed by atoms with E-state index in [1.165, 1.54) is 7.11 Å². The van der Waals surface area contributed by atoms with Crippen LogP contribution in [0, 0.1) is 5.41 Å². The van der Waals surface area contributed by atoms with E-state index in [0.717, 1.165) is 4.47 Å². The van der Waals surface area contributed by atoms with Crippen molar-refractivity contribution in [3.05, 3.63) is 22.7 Å². The predicted molar refractivity (Wildman–Crippen MR) is 67.6 cm³/mol. The topological polar surface area (TPSA) is 55.8 Å². The van der Waals surface area contributed by atoms with Gasteiger partial charge in [0, 0.05) is 0 Å². The fourth-order valence-electron chi connectivity index (χ4n) is 1.10. The number of hydrogen-bond donors (Lipinski definition) is 1. The lowest BCUT2D eigenvalue weighted by atomic mass is 9.95. The third-order valence-corrected chi connectivity index (χ3v) is 2.93. The summed E-state index contributed by atoms with van der Waals surface area (Å²) >= 11 is 3.34. The summed E-state index contributed by atoms with van der Waals surface area (Å²) in [7, 11) is 1.54. The normalized spacial score (nSPS) is 11.1. The maximum atomic E-state index is 11.0. The third kappa shape index (κ3) is 3.36. The van der Waals surface area contributed by atoms with E-state index in [9.17, 15) is 4.79 Å². The summed E-state index contributed by atoms with van der Waals surface area (Å²) in [5.41, 5.74) is -0.944. The van der Waals surface area contributed by atoms with Gasteiger partial charge < -0.3 is 14.6 Å². The highest BCUT2D eigenvalue weighted by molar-refractivity contribution is 9.10. The number of rotatable bonds is 5. The second-order valence-corrected chi connectivity index (χ2v) is 5.10. The number of hydrogen-bond acceptors (Lipinski definition) is 3. The third-order valence-electron chi connectivity index (χ3n) is 2.31. The molecule has 0 unspecified atom stereocenters. The summed E-state index contributed by atoms with van der Waals surface area (Å²) in [6.45, 7) is 3.29. The van der Waals surface area contributed by atoms with Gasteiger partial charge in [0.25, 0.3) is 0 Å². The Morgan fingerprint density at radius 1 is 1.47 bits per heavy atom. The van der Waals surface area contributed by atoms with Crippen molar-refractivity contribution in [2.75, 3.05) is 13.7 Å². The monoisotopic (exact) mass is 302 g/mol. The second kappa shape index (κ2) is 5.40. The van der Waals surface area contributed by atoms with Crippen LogP contribution in [0.5, 0.6) is 11.5 Å². The molecule has 94 valence electrons. The molecule has 1 N–H and O–H groups in total. The highest BCUT2D eigenvalue weighted by atomic mass is 79.9. The molecule has 0 bridgehead atoms. The molecule has 5 heteroatoms. The lowest BCUT2D eigenvalue weighted by Crippen LogP contribution is -2.30. The van der Waals surface area contributed by atoms with Crippen molar-refractivity contribution >= 4 is 21.9 Å². The predicted octanol–water partition coefficient (Wildman–Crippen LogP) is 2.95. The average molecular weight is 303 g/mol. The van der Waals surface area contributed by atoms with Gasteiger partial charge in [0.15, 0.2) is 11.5 Å². The number of benzene rings is 1. The Morgan fingerprint density at radius 3 is 2.65 bits per heavy atom. The molecule has 0 aliphatic rings. The van der Waals surface area contributed by atoms with Gasteiger partial charge in [-0.2, -0.15) is 0 Å². The summed E-state index contributed by atoms with van der Waals surface area (Å²) < 4.78 is 11.4. The number of carboxylic acid groups (broad SMARTS) is 1. The first-order valence-electron chi connectivity index (χ1n) is 5.07. The number of halogens is 1. The van der Waals surface area contributed by atoms with Gasteiger partial charge in [0.2, 0.25) is 0 Å². The van der Waals surface area contributed by atoms with Crippen LogP contribution in [-0.2, 0) is 4.79 Å². The van der Waals surface area contributed by atoms with Crippen molar-refractivity contribution in [2.24, 2.45) is 5.41 Å². The van der Waals surface area contributed by atoms with E-state index < -0.39 is 11.4 Å². The maximum Gasteiger partial charge on any atom is 0.312 e. The molecule has 0 heterocycles. The van der Waals surface area contributed by atoms with Gasteiger partial charge in [0.1, 0.15) is 6.61 Å². The van der Waals surface area contributed by atoms with Crippen LogP contribution in [0.2, 0.25) is 0 Å². The van der Waals surface area contributed by atoms with Crippen LogP contribution in [0.3, 0.4) is 0 Å². The van der Waals surface area contributed by atoms with Crippen LogP contribution in [0.25, 0.3) is 0 Å². The molecule has 0 aromatic heterocycles. The SMILES string of the molecule is COc1cccc(Br)c1OCC(C)(C)C(=O)O. The zero-order valence-electron chi connectivity index (χ0n) is 9.99. The van der Waals surface area contributed by atoms with E-state index in [0.29, 0.717) is 11.5 Å². The molecule has 0 amide bonds. The molecule has 0 spiro atoms. The number of aliphatic carboxylic acids is 1. The zero-order valence-corrected chi connectivity index (χ0v) is 11.6. The van der Waals surface area contributed by atoms with Crippen molar-refractivity contribution in [1.29, 1.82) is 0 Å². The first-order chi connectivity index (χ1) is 7.88. The molecule has 0 saturated heterocycles. The minimum Gasteiger partial charge on any atom is -0.493 e. The first kappa shape index (κ1) is 13.8. The molecular formula is C12H15BrO4. The lowest BCUT2D eigenvalue weighted by molar-refractivity contribution is -0.148. The highest BCUT2D eigenvalue weighted by Crippen LogP contribution is 2.35. The minimum atomic E-state index is -0.944. The number of ether oxygens (including phenoxy) is 2. The Morgan fingerprint density at radius 2 is 2.12 bits per heavy atom. The summed E-state index contributed by atoms with van der Waals surface area (Å²) in [6, 6.07) is 5.39. The van der Waals surface area contributed by atoms with E-state index in [-0.39, 0.29) is 6.61 Å². The van der Waals surface area contributed by atoms with Crippen LogP contribution in [0.1, 0.15) is 13.8 Å². The highest BCUT2D eigenvalue weighted by Gasteiger charge is 2.28. The largest absolute Gasteiger partial charge is 0.493 e. The van der Waals surface area contributed by atoms with Gasteiger partial charge in [0.05, 0.1) is 17.0 Å². The molecule has 1 rings (SSSR count). The average Bonchev–Trinajstić information content (AvgIpc) is 2.26. The number of carboxylic acids is 1. The van der Waals surface area contributed by atoms with E-state index in [2.05, 4.69) is 15.9 Å². The lowest BCUT2D eigenvalue weighted by Gasteiger charge is -2.21. The molecule has 1 aromatic rings. The minimum absolute atomic E-state index is 0.0707. The number of carbonyl (C=O) groups is 1.